The fourth-order valence-electron chi connectivity index (χ4n) is 1.14. The summed E-state index contributed by atoms with van der Waals surface area (Å²) in [5.41, 5.74) is 0.227. The monoisotopic (exact) mass is 218 g/mol. The van der Waals surface area contributed by atoms with Crippen molar-refractivity contribution in [2.75, 3.05) is 7.11 Å². The molecule has 1 N–H and O–H groups in total. The highest BCUT2D eigenvalue weighted by Crippen LogP contribution is 2.27. The first-order chi connectivity index (χ1) is 6.54. The van der Waals surface area contributed by atoms with Crippen LogP contribution in [-0.2, 0) is 11.2 Å². The minimum absolute atomic E-state index is 0.0724. The quantitative estimate of drug-likeness (QED) is 0.845. The third kappa shape index (κ3) is 2.35. The second-order valence-electron chi connectivity index (χ2n) is 2.65. The highest BCUT2D eigenvalue weighted by Gasteiger charge is 2.13. The normalized spacial score (nSPS) is 9.93. The average molecular weight is 219 g/mol. The Labute approximate surface area is 85.1 Å². The van der Waals surface area contributed by atoms with Crippen LogP contribution in [-0.4, -0.2) is 18.2 Å². The van der Waals surface area contributed by atoms with Crippen molar-refractivity contribution in [1.82, 2.24) is 0 Å². The van der Waals surface area contributed by atoms with Crippen LogP contribution in [0.2, 0.25) is 5.02 Å². The first-order valence-electron chi connectivity index (χ1n) is 3.78. The summed E-state index contributed by atoms with van der Waals surface area (Å²) in [6.45, 7) is 0. The van der Waals surface area contributed by atoms with Crippen molar-refractivity contribution in [3.8, 4) is 5.75 Å². The van der Waals surface area contributed by atoms with Gasteiger partial charge in [-0.3, -0.25) is 4.79 Å². The predicted molar refractivity (Wildman–Crippen MR) is 49.3 cm³/mol. The standard InChI is InChI=1S/C9H8ClFO3/c1-14-9-5(3-8(12)13)2-6(10)4-7(9)11/h2,4H,3H2,1H3,(H,12,13). The van der Waals surface area contributed by atoms with E-state index in [1.807, 2.05) is 0 Å². The maximum Gasteiger partial charge on any atom is 0.307 e. The molecule has 0 bridgehead atoms. The van der Waals surface area contributed by atoms with Gasteiger partial charge in [0, 0.05) is 10.6 Å². The van der Waals surface area contributed by atoms with Crippen molar-refractivity contribution in [3.63, 3.8) is 0 Å². The number of hydrogen-bond donors (Lipinski definition) is 1. The summed E-state index contributed by atoms with van der Waals surface area (Å²) < 4.78 is 17.9. The minimum Gasteiger partial charge on any atom is -0.493 e. The van der Waals surface area contributed by atoms with E-state index in [1.165, 1.54) is 13.2 Å². The van der Waals surface area contributed by atoms with Gasteiger partial charge in [0.15, 0.2) is 11.6 Å². The molecule has 0 spiro atoms. The zero-order chi connectivity index (χ0) is 10.7. The topological polar surface area (TPSA) is 46.5 Å². The molecule has 3 nitrogen and oxygen atoms in total. The zero-order valence-corrected chi connectivity index (χ0v) is 8.14. The van der Waals surface area contributed by atoms with Crippen molar-refractivity contribution in [2.45, 2.75) is 6.42 Å². The summed E-state index contributed by atoms with van der Waals surface area (Å²) in [5.74, 6) is -1.79. The Kier molecular flexibility index (Phi) is 3.30. The highest BCUT2D eigenvalue weighted by atomic mass is 35.5. The number of carboxylic acids is 1. The van der Waals surface area contributed by atoms with Gasteiger partial charge in [0.1, 0.15) is 0 Å². The molecule has 0 saturated carbocycles. The van der Waals surface area contributed by atoms with Crippen LogP contribution in [0.1, 0.15) is 5.56 Å². The average Bonchev–Trinajstić information content (AvgIpc) is 2.01. The van der Waals surface area contributed by atoms with Gasteiger partial charge >= 0.3 is 5.97 Å². The molecule has 0 aliphatic heterocycles. The zero-order valence-electron chi connectivity index (χ0n) is 7.38. The second-order valence-corrected chi connectivity index (χ2v) is 3.09. The van der Waals surface area contributed by atoms with Crippen molar-refractivity contribution in [1.29, 1.82) is 0 Å². The van der Waals surface area contributed by atoms with E-state index < -0.39 is 11.8 Å². The largest absolute Gasteiger partial charge is 0.493 e. The Hall–Kier alpha value is -1.29. The van der Waals surface area contributed by atoms with E-state index in [4.69, 9.17) is 21.4 Å². The maximum atomic E-state index is 13.2. The molecule has 76 valence electrons. The van der Waals surface area contributed by atoms with Crippen LogP contribution >= 0.6 is 11.6 Å². The Bertz CT molecular complexity index is 365. The first-order valence-corrected chi connectivity index (χ1v) is 4.16. The smallest absolute Gasteiger partial charge is 0.307 e. The van der Waals surface area contributed by atoms with Gasteiger partial charge in [-0.05, 0) is 12.1 Å². The molecule has 0 aliphatic rings. The van der Waals surface area contributed by atoms with Gasteiger partial charge in [0.25, 0.3) is 0 Å². The number of halogens is 2. The van der Waals surface area contributed by atoms with Gasteiger partial charge in [0.05, 0.1) is 13.5 Å². The number of aliphatic carboxylic acids is 1. The van der Waals surface area contributed by atoms with Gasteiger partial charge in [-0.25, -0.2) is 4.39 Å². The van der Waals surface area contributed by atoms with Gasteiger partial charge < -0.3 is 9.84 Å². The lowest BCUT2D eigenvalue weighted by molar-refractivity contribution is -0.136. The number of benzene rings is 1. The molecule has 0 fully saturated rings. The van der Waals surface area contributed by atoms with Crippen LogP contribution in [0.4, 0.5) is 4.39 Å². The van der Waals surface area contributed by atoms with E-state index in [0.717, 1.165) is 6.07 Å². The van der Waals surface area contributed by atoms with Crippen LogP contribution in [0, 0.1) is 5.82 Å². The van der Waals surface area contributed by atoms with Crippen molar-refractivity contribution < 1.29 is 19.0 Å². The van der Waals surface area contributed by atoms with E-state index in [1.54, 1.807) is 0 Å². The molecule has 14 heavy (non-hydrogen) atoms. The fraction of sp³-hybridized carbons (Fsp3) is 0.222. The van der Waals surface area contributed by atoms with Crippen LogP contribution in [0.25, 0.3) is 0 Å². The van der Waals surface area contributed by atoms with Crippen molar-refractivity contribution >= 4 is 17.6 Å². The van der Waals surface area contributed by atoms with Gasteiger partial charge in [0.2, 0.25) is 0 Å². The Morgan fingerprint density at radius 1 is 1.64 bits per heavy atom. The molecule has 0 heterocycles. The van der Waals surface area contributed by atoms with E-state index in [0.29, 0.717) is 0 Å². The van der Waals surface area contributed by atoms with Gasteiger partial charge in [-0.15, -0.1) is 0 Å². The number of carboxylic acid groups (broad SMARTS) is 1. The summed E-state index contributed by atoms with van der Waals surface area (Å²) in [6.07, 6.45) is -0.319. The molecule has 0 aromatic heterocycles. The molecule has 1 aromatic rings. The summed E-state index contributed by atoms with van der Waals surface area (Å²) >= 11 is 5.57. The number of ether oxygens (including phenoxy) is 1. The molecule has 0 saturated heterocycles. The Morgan fingerprint density at radius 3 is 2.79 bits per heavy atom. The Balaban J connectivity index is 3.17. The number of carbonyl (C=O) groups is 1. The predicted octanol–water partition coefficient (Wildman–Crippen LogP) is 2.11. The molecule has 5 heteroatoms. The fourth-order valence-corrected chi connectivity index (χ4v) is 1.36. The van der Waals surface area contributed by atoms with Crippen molar-refractivity contribution in [2.24, 2.45) is 0 Å². The molecule has 1 aromatic carbocycles. The summed E-state index contributed by atoms with van der Waals surface area (Å²) in [5, 5.41) is 8.70. The van der Waals surface area contributed by atoms with Crippen LogP contribution < -0.4 is 4.74 Å². The van der Waals surface area contributed by atoms with Gasteiger partial charge in [-0.2, -0.15) is 0 Å². The lowest BCUT2D eigenvalue weighted by Crippen LogP contribution is -2.03. The molecular weight excluding hydrogens is 211 g/mol. The first kappa shape index (κ1) is 10.8. The third-order valence-corrected chi connectivity index (χ3v) is 1.85. The number of methoxy groups -OCH3 is 1. The second kappa shape index (κ2) is 4.28. The molecular formula is C9H8ClFO3. The molecule has 0 radical (unpaired) electrons. The lowest BCUT2D eigenvalue weighted by atomic mass is 10.1. The molecule has 0 unspecified atom stereocenters. The summed E-state index contributed by atoms with van der Waals surface area (Å²) in [7, 11) is 1.28. The van der Waals surface area contributed by atoms with Crippen molar-refractivity contribution in [3.05, 3.63) is 28.5 Å². The van der Waals surface area contributed by atoms with Crippen LogP contribution in [0.3, 0.4) is 0 Å². The van der Waals surface area contributed by atoms with E-state index in [-0.39, 0.29) is 22.8 Å². The summed E-state index contributed by atoms with van der Waals surface area (Å²) in [4.78, 5) is 10.4. The number of hydrogen-bond acceptors (Lipinski definition) is 2. The van der Waals surface area contributed by atoms with E-state index in [2.05, 4.69) is 0 Å². The SMILES string of the molecule is COc1c(F)cc(Cl)cc1CC(=O)O. The minimum atomic E-state index is -1.06. The molecule has 1 rings (SSSR count). The molecule has 0 atom stereocenters. The molecule has 0 amide bonds. The highest BCUT2D eigenvalue weighted by molar-refractivity contribution is 6.30. The Morgan fingerprint density at radius 2 is 2.29 bits per heavy atom. The maximum absolute atomic E-state index is 13.2. The van der Waals surface area contributed by atoms with E-state index in [9.17, 15) is 9.18 Å². The number of rotatable bonds is 3. The van der Waals surface area contributed by atoms with Crippen LogP contribution in [0.5, 0.6) is 5.75 Å². The van der Waals surface area contributed by atoms with Gasteiger partial charge in [-0.1, -0.05) is 11.6 Å². The molecule has 0 aliphatic carbocycles. The third-order valence-electron chi connectivity index (χ3n) is 1.63. The van der Waals surface area contributed by atoms with E-state index >= 15 is 0 Å². The van der Waals surface area contributed by atoms with Crippen LogP contribution in [0.15, 0.2) is 12.1 Å². The summed E-state index contributed by atoms with van der Waals surface area (Å²) in [6, 6.07) is 2.45. The lowest BCUT2D eigenvalue weighted by Gasteiger charge is -2.07.